The lowest BCUT2D eigenvalue weighted by Crippen LogP contribution is -2.21. The largest absolute Gasteiger partial charge is 0.491 e. The Morgan fingerprint density at radius 2 is 1.88 bits per heavy atom. The summed E-state index contributed by atoms with van der Waals surface area (Å²) < 4.78 is 46.9. The van der Waals surface area contributed by atoms with E-state index in [0.29, 0.717) is 0 Å². The number of benzene rings is 1. The Kier molecular flexibility index (Phi) is 4.77. The molecule has 0 saturated carbocycles. The highest BCUT2D eigenvalue weighted by molar-refractivity contribution is 5.35. The molecule has 1 aromatic carbocycles. The summed E-state index contributed by atoms with van der Waals surface area (Å²) in [5.74, 6) is 0.00868. The third-order valence-corrected chi connectivity index (χ3v) is 2.07. The summed E-state index contributed by atoms with van der Waals surface area (Å²) in [5, 5.41) is 9.16. The second-order valence-corrected chi connectivity index (χ2v) is 3.32. The average Bonchev–Trinajstić information content (AvgIpc) is 2.28. The first-order valence-electron chi connectivity index (χ1n) is 4.92. The molecule has 0 fully saturated rings. The Hall–Kier alpha value is -1.27. The molecule has 0 amide bonds. The van der Waals surface area contributed by atoms with Crippen molar-refractivity contribution in [2.45, 2.75) is 12.3 Å². The van der Waals surface area contributed by atoms with Gasteiger partial charge in [-0.2, -0.15) is 13.2 Å². The number of rotatable bonds is 5. The summed E-state index contributed by atoms with van der Waals surface area (Å²) in [7, 11) is 1.46. The Labute approximate surface area is 96.8 Å². The molecule has 96 valence electrons. The molecule has 17 heavy (non-hydrogen) atoms. The van der Waals surface area contributed by atoms with Gasteiger partial charge in [-0.25, -0.2) is 0 Å². The number of hydrogen-bond acceptors (Lipinski definition) is 3. The van der Waals surface area contributed by atoms with Crippen molar-refractivity contribution in [1.29, 1.82) is 0 Å². The Balaban J connectivity index is 2.84. The van der Waals surface area contributed by atoms with E-state index in [1.54, 1.807) is 0 Å². The van der Waals surface area contributed by atoms with Crippen LogP contribution in [0.3, 0.4) is 0 Å². The highest BCUT2D eigenvalue weighted by Gasteiger charge is 2.40. The van der Waals surface area contributed by atoms with Crippen LogP contribution in [0, 0.1) is 0 Å². The number of aliphatic hydroxyl groups excluding tert-OH is 1. The van der Waals surface area contributed by atoms with E-state index in [9.17, 15) is 13.2 Å². The SMILES string of the molecule is COCCOc1ccccc1[C@H](O)C(F)(F)F. The fraction of sp³-hybridized carbons (Fsp3) is 0.455. The molecule has 0 radical (unpaired) electrons. The van der Waals surface area contributed by atoms with Crippen LogP contribution in [0.1, 0.15) is 11.7 Å². The fourth-order valence-electron chi connectivity index (χ4n) is 1.25. The van der Waals surface area contributed by atoms with Crippen molar-refractivity contribution in [3.8, 4) is 5.75 Å². The number of para-hydroxylation sites is 1. The van der Waals surface area contributed by atoms with E-state index in [2.05, 4.69) is 0 Å². The maximum atomic E-state index is 12.4. The van der Waals surface area contributed by atoms with Crippen LogP contribution in [-0.2, 0) is 4.74 Å². The van der Waals surface area contributed by atoms with E-state index in [1.807, 2.05) is 0 Å². The van der Waals surface area contributed by atoms with Crippen LogP contribution in [0.4, 0.5) is 13.2 Å². The molecule has 0 spiro atoms. The third kappa shape index (κ3) is 3.90. The Morgan fingerprint density at radius 1 is 1.24 bits per heavy atom. The zero-order chi connectivity index (χ0) is 12.9. The number of alkyl halides is 3. The van der Waals surface area contributed by atoms with Crippen LogP contribution in [0.25, 0.3) is 0 Å². The lowest BCUT2D eigenvalue weighted by molar-refractivity contribution is -0.207. The lowest BCUT2D eigenvalue weighted by atomic mass is 10.1. The number of halogens is 3. The van der Waals surface area contributed by atoms with Gasteiger partial charge in [0.05, 0.1) is 6.61 Å². The molecule has 0 aliphatic heterocycles. The first-order chi connectivity index (χ1) is 7.96. The zero-order valence-corrected chi connectivity index (χ0v) is 9.20. The molecule has 6 heteroatoms. The van der Waals surface area contributed by atoms with Gasteiger partial charge in [0.25, 0.3) is 0 Å². The minimum atomic E-state index is -4.71. The molecule has 1 aromatic rings. The summed E-state index contributed by atoms with van der Waals surface area (Å²) >= 11 is 0. The van der Waals surface area contributed by atoms with Gasteiger partial charge < -0.3 is 14.6 Å². The maximum Gasteiger partial charge on any atom is 0.418 e. The van der Waals surface area contributed by atoms with E-state index < -0.39 is 12.3 Å². The van der Waals surface area contributed by atoms with Gasteiger partial charge >= 0.3 is 6.18 Å². The van der Waals surface area contributed by atoms with Crippen molar-refractivity contribution in [2.24, 2.45) is 0 Å². The summed E-state index contributed by atoms with van der Waals surface area (Å²) in [4.78, 5) is 0. The summed E-state index contributed by atoms with van der Waals surface area (Å²) in [6.45, 7) is 0.383. The van der Waals surface area contributed by atoms with E-state index in [0.717, 1.165) is 0 Å². The highest BCUT2D eigenvalue weighted by atomic mass is 19.4. The second-order valence-electron chi connectivity index (χ2n) is 3.32. The zero-order valence-electron chi connectivity index (χ0n) is 9.20. The Morgan fingerprint density at radius 3 is 2.47 bits per heavy atom. The van der Waals surface area contributed by atoms with Crippen LogP contribution in [-0.4, -0.2) is 31.6 Å². The maximum absolute atomic E-state index is 12.4. The van der Waals surface area contributed by atoms with Gasteiger partial charge in [0.2, 0.25) is 0 Å². The monoisotopic (exact) mass is 250 g/mol. The minimum Gasteiger partial charge on any atom is -0.491 e. The van der Waals surface area contributed by atoms with Crippen LogP contribution in [0.15, 0.2) is 24.3 Å². The smallest absolute Gasteiger partial charge is 0.418 e. The van der Waals surface area contributed by atoms with Gasteiger partial charge in [-0.15, -0.1) is 0 Å². The van der Waals surface area contributed by atoms with Crippen molar-refractivity contribution < 1.29 is 27.8 Å². The molecule has 0 saturated heterocycles. The lowest BCUT2D eigenvalue weighted by Gasteiger charge is -2.18. The predicted octanol–water partition coefficient (Wildman–Crippen LogP) is 2.31. The van der Waals surface area contributed by atoms with Gasteiger partial charge in [0.15, 0.2) is 6.10 Å². The third-order valence-electron chi connectivity index (χ3n) is 2.07. The van der Waals surface area contributed by atoms with Gasteiger partial charge in [0, 0.05) is 12.7 Å². The molecule has 1 atom stereocenters. The summed E-state index contributed by atoms with van der Waals surface area (Å²) in [6.07, 6.45) is -7.25. The average molecular weight is 250 g/mol. The number of ether oxygens (including phenoxy) is 2. The quantitative estimate of drug-likeness (QED) is 0.815. The van der Waals surface area contributed by atoms with Crippen LogP contribution in [0.5, 0.6) is 5.75 Å². The molecular weight excluding hydrogens is 237 g/mol. The summed E-state index contributed by atoms with van der Waals surface area (Å²) in [5.41, 5.74) is -0.295. The summed E-state index contributed by atoms with van der Waals surface area (Å²) in [6, 6.07) is 5.50. The molecule has 0 heterocycles. The highest BCUT2D eigenvalue weighted by Crippen LogP contribution is 2.36. The second kappa shape index (κ2) is 5.88. The minimum absolute atomic E-state index is 0.00868. The van der Waals surface area contributed by atoms with Gasteiger partial charge in [0.1, 0.15) is 12.4 Å². The molecule has 0 aromatic heterocycles. The first kappa shape index (κ1) is 13.8. The van der Waals surface area contributed by atoms with Gasteiger partial charge in [-0.1, -0.05) is 18.2 Å². The molecule has 1 rings (SSSR count). The van der Waals surface area contributed by atoms with E-state index in [4.69, 9.17) is 14.6 Å². The van der Waals surface area contributed by atoms with E-state index in [1.165, 1.54) is 31.4 Å². The van der Waals surface area contributed by atoms with Crippen molar-refractivity contribution in [3.05, 3.63) is 29.8 Å². The van der Waals surface area contributed by atoms with Gasteiger partial charge in [-0.3, -0.25) is 0 Å². The van der Waals surface area contributed by atoms with Crippen molar-refractivity contribution >= 4 is 0 Å². The standard InChI is InChI=1S/C11H13F3O3/c1-16-6-7-17-9-5-3-2-4-8(9)10(15)11(12,13)14/h2-5,10,15H,6-7H2,1H3/t10-/m0/s1. The predicted molar refractivity (Wildman–Crippen MR) is 54.8 cm³/mol. The first-order valence-corrected chi connectivity index (χ1v) is 4.92. The topological polar surface area (TPSA) is 38.7 Å². The van der Waals surface area contributed by atoms with Crippen molar-refractivity contribution in [3.63, 3.8) is 0 Å². The molecule has 0 unspecified atom stereocenters. The Bertz CT molecular complexity index is 352. The van der Waals surface area contributed by atoms with Gasteiger partial charge in [-0.05, 0) is 6.07 Å². The molecular formula is C11H13F3O3. The molecule has 0 aliphatic carbocycles. The molecule has 0 aliphatic rings. The number of hydrogen-bond donors (Lipinski definition) is 1. The van der Waals surface area contributed by atoms with E-state index >= 15 is 0 Å². The van der Waals surface area contributed by atoms with E-state index in [-0.39, 0.29) is 24.5 Å². The molecule has 1 N–H and O–H groups in total. The van der Waals surface area contributed by atoms with Crippen molar-refractivity contribution in [2.75, 3.05) is 20.3 Å². The van der Waals surface area contributed by atoms with Crippen LogP contribution >= 0.6 is 0 Å². The number of methoxy groups -OCH3 is 1. The molecule has 0 bridgehead atoms. The van der Waals surface area contributed by atoms with Crippen molar-refractivity contribution in [1.82, 2.24) is 0 Å². The van der Waals surface area contributed by atoms with Crippen LogP contribution < -0.4 is 4.74 Å². The molecule has 3 nitrogen and oxygen atoms in total. The number of aliphatic hydroxyl groups is 1. The van der Waals surface area contributed by atoms with Crippen LogP contribution in [0.2, 0.25) is 0 Å². The fourth-order valence-corrected chi connectivity index (χ4v) is 1.25. The normalized spacial score (nSPS) is 13.5.